The van der Waals surface area contributed by atoms with Crippen molar-refractivity contribution in [2.45, 2.75) is 12.8 Å². The summed E-state index contributed by atoms with van der Waals surface area (Å²) in [5.74, 6) is 0.606. The van der Waals surface area contributed by atoms with Crippen molar-refractivity contribution in [2.24, 2.45) is 0 Å². The van der Waals surface area contributed by atoms with Gasteiger partial charge in [0.25, 0.3) is 11.6 Å². The molecule has 0 saturated heterocycles. The second-order valence-corrected chi connectivity index (χ2v) is 4.98. The van der Waals surface area contributed by atoms with Crippen LogP contribution in [0.3, 0.4) is 0 Å². The molecule has 0 heterocycles. The number of nitro benzene ring substituents is 1. The zero-order chi connectivity index (χ0) is 16.7. The Bertz CT molecular complexity index is 683. The predicted molar refractivity (Wildman–Crippen MR) is 86.7 cm³/mol. The minimum Gasteiger partial charge on any atom is -0.496 e. The average Bonchev–Trinajstić information content (AvgIpc) is 2.59. The number of non-ortho nitro benzene ring substituents is 1. The Labute approximate surface area is 134 Å². The molecule has 0 fully saturated rings. The van der Waals surface area contributed by atoms with Gasteiger partial charge in [-0.05, 0) is 36.6 Å². The van der Waals surface area contributed by atoms with Crippen LogP contribution >= 0.6 is 0 Å². The van der Waals surface area contributed by atoms with Crippen LogP contribution in [0.15, 0.2) is 48.5 Å². The SMILES string of the molecule is COc1ccccc1CCCNC(=O)c1ccc([N+](=O)[O-])cc1. The monoisotopic (exact) mass is 314 g/mol. The van der Waals surface area contributed by atoms with E-state index in [2.05, 4.69) is 5.32 Å². The van der Waals surface area contributed by atoms with E-state index >= 15 is 0 Å². The molecule has 0 aromatic heterocycles. The minimum absolute atomic E-state index is 0.0299. The summed E-state index contributed by atoms with van der Waals surface area (Å²) in [7, 11) is 1.63. The number of carbonyl (C=O) groups is 1. The molecule has 6 heteroatoms. The lowest BCUT2D eigenvalue weighted by Gasteiger charge is -2.08. The molecular formula is C17H18N2O4. The van der Waals surface area contributed by atoms with Crippen molar-refractivity contribution in [3.05, 3.63) is 69.8 Å². The Morgan fingerprint density at radius 2 is 1.87 bits per heavy atom. The van der Waals surface area contributed by atoms with Gasteiger partial charge in [0.15, 0.2) is 0 Å². The maximum atomic E-state index is 12.0. The van der Waals surface area contributed by atoms with Crippen LogP contribution < -0.4 is 10.1 Å². The Balaban J connectivity index is 1.81. The summed E-state index contributed by atoms with van der Waals surface area (Å²) in [5, 5.41) is 13.4. The van der Waals surface area contributed by atoms with E-state index in [-0.39, 0.29) is 11.6 Å². The number of hydrogen-bond acceptors (Lipinski definition) is 4. The number of aryl methyl sites for hydroxylation is 1. The molecule has 0 spiro atoms. The van der Waals surface area contributed by atoms with Gasteiger partial charge in [-0.15, -0.1) is 0 Å². The van der Waals surface area contributed by atoms with Gasteiger partial charge in [0.2, 0.25) is 0 Å². The largest absolute Gasteiger partial charge is 0.496 e. The molecule has 0 unspecified atom stereocenters. The molecule has 2 aromatic rings. The number of carbonyl (C=O) groups excluding carboxylic acids is 1. The van der Waals surface area contributed by atoms with E-state index in [1.54, 1.807) is 7.11 Å². The fraction of sp³-hybridized carbons (Fsp3) is 0.235. The number of nitrogens with one attached hydrogen (secondary N) is 1. The summed E-state index contributed by atoms with van der Waals surface area (Å²) in [6, 6.07) is 13.3. The summed E-state index contributed by atoms with van der Waals surface area (Å²) >= 11 is 0. The van der Waals surface area contributed by atoms with Gasteiger partial charge in [0.05, 0.1) is 12.0 Å². The lowest BCUT2D eigenvalue weighted by molar-refractivity contribution is -0.384. The van der Waals surface area contributed by atoms with Gasteiger partial charge < -0.3 is 10.1 Å². The van der Waals surface area contributed by atoms with E-state index in [0.29, 0.717) is 12.1 Å². The average molecular weight is 314 g/mol. The molecule has 6 nitrogen and oxygen atoms in total. The number of benzene rings is 2. The van der Waals surface area contributed by atoms with Crippen molar-refractivity contribution in [2.75, 3.05) is 13.7 Å². The third-order valence-corrected chi connectivity index (χ3v) is 3.44. The number of ether oxygens (including phenoxy) is 1. The zero-order valence-corrected chi connectivity index (χ0v) is 12.8. The Morgan fingerprint density at radius 1 is 1.17 bits per heavy atom. The lowest BCUT2D eigenvalue weighted by atomic mass is 10.1. The maximum Gasteiger partial charge on any atom is 0.269 e. The highest BCUT2D eigenvalue weighted by Crippen LogP contribution is 2.18. The van der Waals surface area contributed by atoms with E-state index in [1.807, 2.05) is 24.3 Å². The molecule has 1 amide bonds. The first-order chi connectivity index (χ1) is 11.1. The first-order valence-corrected chi connectivity index (χ1v) is 7.26. The van der Waals surface area contributed by atoms with Crippen LogP contribution in [0.1, 0.15) is 22.3 Å². The van der Waals surface area contributed by atoms with Gasteiger partial charge >= 0.3 is 0 Å². The number of nitro groups is 1. The Hall–Kier alpha value is -2.89. The molecule has 0 radical (unpaired) electrons. The van der Waals surface area contributed by atoms with Crippen LogP contribution in [0, 0.1) is 10.1 Å². The molecule has 2 aromatic carbocycles. The van der Waals surface area contributed by atoms with Crippen molar-refractivity contribution in [3.8, 4) is 5.75 Å². The fourth-order valence-corrected chi connectivity index (χ4v) is 2.23. The highest BCUT2D eigenvalue weighted by molar-refractivity contribution is 5.94. The number of amides is 1. The molecule has 0 aliphatic heterocycles. The van der Waals surface area contributed by atoms with Crippen LogP contribution in [0.5, 0.6) is 5.75 Å². The predicted octanol–water partition coefficient (Wildman–Crippen LogP) is 2.97. The molecule has 23 heavy (non-hydrogen) atoms. The normalized spacial score (nSPS) is 10.1. The van der Waals surface area contributed by atoms with E-state index in [0.717, 1.165) is 24.2 Å². The van der Waals surface area contributed by atoms with E-state index in [4.69, 9.17) is 4.74 Å². The first-order valence-electron chi connectivity index (χ1n) is 7.26. The van der Waals surface area contributed by atoms with E-state index in [1.165, 1.54) is 24.3 Å². The van der Waals surface area contributed by atoms with Gasteiger partial charge in [-0.1, -0.05) is 18.2 Å². The lowest BCUT2D eigenvalue weighted by Crippen LogP contribution is -2.24. The summed E-state index contributed by atoms with van der Waals surface area (Å²) in [6.07, 6.45) is 1.57. The van der Waals surface area contributed by atoms with Crippen molar-refractivity contribution in [1.82, 2.24) is 5.32 Å². The van der Waals surface area contributed by atoms with E-state index in [9.17, 15) is 14.9 Å². The van der Waals surface area contributed by atoms with Crippen LogP contribution in [0.2, 0.25) is 0 Å². The number of hydrogen-bond donors (Lipinski definition) is 1. The molecular weight excluding hydrogens is 296 g/mol. The highest BCUT2D eigenvalue weighted by atomic mass is 16.6. The molecule has 0 aliphatic rings. The number of rotatable bonds is 7. The van der Waals surface area contributed by atoms with Crippen molar-refractivity contribution in [3.63, 3.8) is 0 Å². The van der Waals surface area contributed by atoms with Crippen LogP contribution in [0.4, 0.5) is 5.69 Å². The summed E-state index contributed by atoms with van der Waals surface area (Å²) in [4.78, 5) is 22.0. The van der Waals surface area contributed by atoms with Gasteiger partial charge in [-0.2, -0.15) is 0 Å². The molecule has 120 valence electrons. The third-order valence-electron chi connectivity index (χ3n) is 3.44. The zero-order valence-electron chi connectivity index (χ0n) is 12.8. The minimum atomic E-state index is -0.491. The van der Waals surface area contributed by atoms with Crippen molar-refractivity contribution >= 4 is 11.6 Å². The molecule has 2 rings (SSSR count). The summed E-state index contributed by atoms with van der Waals surface area (Å²) in [6.45, 7) is 0.522. The Kier molecular flexibility index (Phi) is 5.68. The van der Waals surface area contributed by atoms with Gasteiger partial charge in [-0.25, -0.2) is 0 Å². The van der Waals surface area contributed by atoms with Gasteiger partial charge in [0, 0.05) is 24.2 Å². The highest BCUT2D eigenvalue weighted by Gasteiger charge is 2.09. The number of methoxy groups -OCH3 is 1. The molecule has 0 aliphatic carbocycles. The smallest absolute Gasteiger partial charge is 0.269 e. The van der Waals surface area contributed by atoms with Gasteiger partial charge in [0.1, 0.15) is 5.75 Å². The second-order valence-electron chi connectivity index (χ2n) is 4.98. The molecule has 0 atom stereocenters. The maximum absolute atomic E-state index is 12.0. The van der Waals surface area contributed by atoms with E-state index < -0.39 is 4.92 Å². The van der Waals surface area contributed by atoms with Gasteiger partial charge in [-0.3, -0.25) is 14.9 Å². The third kappa shape index (κ3) is 4.54. The summed E-state index contributed by atoms with van der Waals surface area (Å²) in [5.41, 5.74) is 1.48. The molecule has 0 saturated carbocycles. The summed E-state index contributed by atoms with van der Waals surface area (Å²) < 4.78 is 5.28. The molecule has 0 bridgehead atoms. The van der Waals surface area contributed by atoms with Crippen LogP contribution in [-0.4, -0.2) is 24.5 Å². The first kappa shape index (κ1) is 16.5. The number of nitrogens with zero attached hydrogens (tertiary/aromatic N) is 1. The molecule has 1 N–H and O–H groups in total. The Morgan fingerprint density at radius 3 is 2.52 bits per heavy atom. The quantitative estimate of drug-likeness (QED) is 0.484. The standard InChI is InChI=1S/C17H18N2O4/c1-23-16-7-3-2-5-13(16)6-4-12-18-17(20)14-8-10-15(11-9-14)19(21)22/h2-3,5,7-11H,4,6,12H2,1H3,(H,18,20). The van der Waals surface area contributed by atoms with Crippen LogP contribution in [-0.2, 0) is 6.42 Å². The van der Waals surface area contributed by atoms with Crippen LogP contribution in [0.25, 0.3) is 0 Å². The second kappa shape index (κ2) is 7.93. The fourth-order valence-electron chi connectivity index (χ4n) is 2.23. The topological polar surface area (TPSA) is 81.5 Å². The van der Waals surface area contributed by atoms with Crippen molar-refractivity contribution < 1.29 is 14.5 Å². The van der Waals surface area contributed by atoms with Crippen molar-refractivity contribution in [1.29, 1.82) is 0 Å². The number of para-hydroxylation sites is 1.